The number of pyridine rings is 1. The van der Waals surface area contributed by atoms with Crippen LogP contribution in [0.2, 0.25) is 10.0 Å². The maximum absolute atomic E-state index is 13.3. The first-order chi connectivity index (χ1) is 17.7. The molecule has 190 valence electrons. The molecular formula is C25H21Cl2N5O5. The zero-order valence-corrected chi connectivity index (χ0v) is 21.0. The highest BCUT2D eigenvalue weighted by Crippen LogP contribution is 2.25. The molecule has 0 aliphatic heterocycles. The molecule has 0 unspecified atom stereocenters. The van der Waals surface area contributed by atoms with Crippen molar-refractivity contribution in [2.24, 2.45) is 5.92 Å². The predicted octanol–water partition coefficient (Wildman–Crippen LogP) is 4.41. The minimum absolute atomic E-state index is 0.00288. The molecule has 0 radical (unpaired) electrons. The van der Waals surface area contributed by atoms with Gasteiger partial charge in [0.1, 0.15) is 11.5 Å². The minimum atomic E-state index is -1.13. The van der Waals surface area contributed by atoms with Crippen LogP contribution in [0, 0.1) is 5.92 Å². The van der Waals surface area contributed by atoms with Crippen molar-refractivity contribution in [2.75, 3.05) is 5.32 Å². The molecule has 0 bridgehead atoms. The summed E-state index contributed by atoms with van der Waals surface area (Å²) in [7, 11) is 0. The molecule has 10 nitrogen and oxygen atoms in total. The number of halogens is 2. The van der Waals surface area contributed by atoms with Crippen LogP contribution in [0.1, 0.15) is 12.5 Å². The lowest BCUT2D eigenvalue weighted by Crippen LogP contribution is -2.44. The van der Waals surface area contributed by atoms with E-state index in [1.54, 1.807) is 54.6 Å². The number of ether oxygens (including phenoxy) is 1. The monoisotopic (exact) mass is 541 g/mol. The summed E-state index contributed by atoms with van der Waals surface area (Å²) in [6.45, 7) is 1.16. The summed E-state index contributed by atoms with van der Waals surface area (Å²) in [6.07, 6.45) is 3.02. The molecule has 2 aromatic carbocycles. The molecule has 0 aliphatic rings. The highest BCUT2D eigenvalue weighted by atomic mass is 35.5. The van der Waals surface area contributed by atoms with Gasteiger partial charge in [0.25, 0.3) is 0 Å². The Morgan fingerprint density at radius 1 is 1.00 bits per heavy atom. The Hall–Kier alpha value is -4.15. The number of hydrogen-bond acceptors (Lipinski definition) is 7. The molecule has 2 heterocycles. The number of carboxylic acid groups (broad SMARTS) is 1. The summed E-state index contributed by atoms with van der Waals surface area (Å²) in [5.74, 6) is -1.12. The molecule has 1 atom stereocenters. The average molecular weight is 542 g/mol. The molecule has 0 fully saturated rings. The number of nitrogens with zero attached hydrogens (tertiary/aromatic N) is 4. The van der Waals surface area contributed by atoms with E-state index in [9.17, 15) is 19.5 Å². The Morgan fingerprint density at radius 2 is 1.70 bits per heavy atom. The molecular weight excluding hydrogens is 521 g/mol. The van der Waals surface area contributed by atoms with Crippen LogP contribution in [-0.2, 0) is 17.9 Å². The smallest absolute Gasteiger partial charge is 0.354 e. The van der Waals surface area contributed by atoms with Gasteiger partial charge in [-0.2, -0.15) is 4.98 Å². The molecule has 4 rings (SSSR count). The van der Waals surface area contributed by atoms with Gasteiger partial charge >= 0.3 is 17.3 Å². The number of nitrogens with one attached hydrogen (secondary N) is 1. The largest absolute Gasteiger partial charge is 0.481 e. The molecule has 0 saturated heterocycles. The quantitative estimate of drug-likeness (QED) is 0.318. The zero-order chi connectivity index (χ0) is 26.5. The van der Waals surface area contributed by atoms with E-state index in [4.69, 9.17) is 27.9 Å². The third-order valence-electron chi connectivity index (χ3n) is 5.31. The van der Waals surface area contributed by atoms with Crippen molar-refractivity contribution in [1.82, 2.24) is 19.1 Å². The van der Waals surface area contributed by atoms with Gasteiger partial charge in [-0.3, -0.25) is 14.3 Å². The van der Waals surface area contributed by atoms with E-state index in [-0.39, 0.29) is 19.0 Å². The maximum Gasteiger partial charge on any atom is 0.354 e. The van der Waals surface area contributed by atoms with Gasteiger partial charge in [0.05, 0.1) is 23.7 Å². The Bertz CT molecular complexity index is 1540. The van der Waals surface area contributed by atoms with Crippen LogP contribution >= 0.6 is 23.2 Å². The van der Waals surface area contributed by atoms with E-state index in [2.05, 4.69) is 15.3 Å². The number of carboxylic acids is 1. The minimum Gasteiger partial charge on any atom is -0.481 e. The number of carbonyl (C=O) groups is 1. The van der Waals surface area contributed by atoms with E-state index < -0.39 is 23.3 Å². The van der Waals surface area contributed by atoms with Crippen molar-refractivity contribution in [1.29, 1.82) is 0 Å². The molecule has 37 heavy (non-hydrogen) atoms. The summed E-state index contributed by atoms with van der Waals surface area (Å²) in [5, 5.41) is 13.2. The Labute approximate surface area is 220 Å². The first-order valence-electron chi connectivity index (χ1n) is 11.0. The molecule has 0 amide bonds. The normalized spacial score (nSPS) is 11.6. The van der Waals surface area contributed by atoms with Gasteiger partial charge in [0.2, 0.25) is 5.95 Å². The van der Waals surface area contributed by atoms with Crippen molar-refractivity contribution in [3.8, 4) is 11.5 Å². The van der Waals surface area contributed by atoms with Crippen molar-refractivity contribution >= 4 is 40.8 Å². The van der Waals surface area contributed by atoms with Gasteiger partial charge in [-0.1, -0.05) is 42.3 Å². The first-order valence-corrected chi connectivity index (χ1v) is 11.8. The Morgan fingerprint density at radius 3 is 2.35 bits per heavy atom. The number of anilines is 2. The maximum atomic E-state index is 13.3. The van der Waals surface area contributed by atoms with Crippen LogP contribution in [0.25, 0.3) is 0 Å². The fraction of sp³-hybridized carbons (Fsp3) is 0.160. The number of rotatable bonds is 9. The van der Waals surface area contributed by atoms with Crippen LogP contribution in [0.15, 0.2) is 76.6 Å². The predicted molar refractivity (Wildman–Crippen MR) is 139 cm³/mol. The number of benzene rings is 2. The fourth-order valence-corrected chi connectivity index (χ4v) is 3.66. The van der Waals surface area contributed by atoms with Crippen molar-refractivity contribution in [3.63, 3.8) is 0 Å². The summed E-state index contributed by atoms with van der Waals surface area (Å²) >= 11 is 11.9. The Kier molecular flexibility index (Phi) is 7.90. The number of aromatic nitrogens is 4. The van der Waals surface area contributed by atoms with Crippen molar-refractivity contribution in [3.05, 3.63) is 104 Å². The molecule has 0 aliphatic carbocycles. The molecule has 0 saturated carbocycles. The lowest BCUT2D eigenvalue weighted by atomic mass is 10.2. The molecule has 4 aromatic rings. The van der Waals surface area contributed by atoms with Crippen LogP contribution in [0.5, 0.6) is 11.5 Å². The van der Waals surface area contributed by atoms with Crippen LogP contribution < -0.4 is 21.4 Å². The number of hydrogen-bond donors (Lipinski definition) is 2. The van der Waals surface area contributed by atoms with Gasteiger partial charge in [0.15, 0.2) is 0 Å². The number of aliphatic carboxylic acids is 1. The second-order valence-corrected chi connectivity index (χ2v) is 9.03. The molecule has 0 spiro atoms. The van der Waals surface area contributed by atoms with E-state index >= 15 is 0 Å². The average Bonchev–Trinajstić information content (AvgIpc) is 2.86. The SMILES string of the molecule is C[C@@H](Cn1c(=O)nc(Nc2ccc(Oc3cncc(Cl)c3)cc2)n(Cc2ccc(Cl)cc2)c1=O)C(=O)O. The summed E-state index contributed by atoms with van der Waals surface area (Å²) in [5.41, 5.74) is -0.295. The second kappa shape index (κ2) is 11.3. The van der Waals surface area contributed by atoms with Crippen LogP contribution in [0.3, 0.4) is 0 Å². The summed E-state index contributed by atoms with van der Waals surface area (Å²) < 4.78 is 7.81. The van der Waals surface area contributed by atoms with Crippen molar-refractivity contribution in [2.45, 2.75) is 20.0 Å². The molecule has 2 N–H and O–H groups in total. The van der Waals surface area contributed by atoms with Gasteiger partial charge in [-0.15, -0.1) is 0 Å². The van der Waals surface area contributed by atoms with Crippen molar-refractivity contribution < 1.29 is 14.6 Å². The zero-order valence-electron chi connectivity index (χ0n) is 19.5. The van der Waals surface area contributed by atoms with Gasteiger partial charge in [-0.05, 0) is 42.0 Å². The van der Waals surface area contributed by atoms with Crippen LogP contribution in [0.4, 0.5) is 11.6 Å². The summed E-state index contributed by atoms with van der Waals surface area (Å²) in [4.78, 5) is 45.3. The standard InChI is InChI=1S/C25H21Cl2N5O5/c1-15(22(33)34)13-32-24(35)30-23(31(25(32)36)14-16-2-4-17(26)5-3-16)29-19-6-8-20(9-7-19)37-21-10-18(27)11-28-12-21/h2-12,15H,13-14H2,1H3,(H,33,34)(H,29,30,35)/t15-/m0/s1. The topological polar surface area (TPSA) is 128 Å². The summed E-state index contributed by atoms with van der Waals surface area (Å²) in [6, 6.07) is 15.2. The van der Waals surface area contributed by atoms with Gasteiger partial charge < -0.3 is 15.2 Å². The van der Waals surface area contributed by atoms with Gasteiger partial charge in [-0.25, -0.2) is 14.2 Å². The highest BCUT2D eigenvalue weighted by Gasteiger charge is 2.19. The molecule has 12 heteroatoms. The first kappa shape index (κ1) is 25.9. The lowest BCUT2D eigenvalue weighted by Gasteiger charge is -2.17. The fourth-order valence-electron chi connectivity index (χ4n) is 3.37. The third kappa shape index (κ3) is 6.54. The van der Waals surface area contributed by atoms with E-state index in [0.29, 0.717) is 27.2 Å². The van der Waals surface area contributed by atoms with E-state index in [0.717, 1.165) is 10.1 Å². The second-order valence-electron chi connectivity index (χ2n) is 8.15. The van der Waals surface area contributed by atoms with Gasteiger partial charge in [0, 0.05) is 29.5 Å². The third-order valence-corrected chi connectivity index (χ3v) is 5.77. The van der Waals surface area contributed by atoms with E-state index in [1.165, 1.54) is 23.9 Å². The highest BCUT2D eigenvalue weighted by molar-refractivity contribution is 6.30. The lowest BCUT2D eigenvalue weighted by molar-refractivity contribution is -0.141. The van der Waals surface area contributed by atoms with E-state index in [1.807, 2.05) is 0 Å². The Balaban J connectivity index is 1.65. The molecule has 2 aromatic heterocycles. The van der Waals surface area contributed by atoms with Crippen LogP contribution in [-0.4, -0.2) is 30.2 Å².